The van der Waals surface area contributed by atoms with Gasteiger partial charge in [0.15, 0.2) is 5.78 Å². The highest BCUT2D eigenvalue weighted by Crippen LogP contribution is 2.43. The van der Waals surface area contributed by atoms with Crippen molar-refractivity contribution in [2.24, 2.45) is 0 Å². The average molecular weight is 421 g/mol. The monoisotopic (exact) mass is 420 g/mol. The van der Waals surface area contributed by atoms with E-state index >= 15 is 0 Å². The molecule has 2 aliphatic rings. The second-order valence-electron chi connectivity index (χ2n) is 8.34. The predicted octanol–water partition coefficient (Wildman–Crippen LogP) is 4.28. The van der Waals surface area contributed by atoms with Crippen molar-refractivity contribution in [2.75, 3.05) is 12.0 Å². The molecule has 31 heavy (non-hydrogen) atoms. The van der Waals surface area contributed by atoms with E-state index in [1.807, 2.05) is 6.07 Å². The molecule has 6 nitrogen and oxygen atoms in total. The summed E-state index contributed by atoms with van der Waals surface area (Å²) in [6.45, 7) is 3.12. The first-order valence-corrected chi connectivity index (χ1v) is 10.9. The van der Waals surface area contributed by atoms with Crippen molar-refractivity contribution in [3.05, 3.63) is 58.1 Å². The molecule has 1 N–H and O–H groups in total. The van der Waals surface area contributed by atoms with E-state index in [0.29, 0.717) is 11.3 Å². The van der Waals surface area contributed by atoms with E-state index in [0.717, 1.165) is 44.2 Å². The second-order valence-corrected chi connectivity index (χ2v) is 8.34. The Kier molecular flexibility index (Phi) is 5.81. The van der Waals surface area contributed by atoms with Crippen LogP contribution >= 0.6 is 0 Å². The molecule has 4 rings (SSSR count). The third kappa shape index (κ3) is 3.94. The Bertz CT molecular complexity index is 1030. The number of methoxy groups -OCH3 is 1. The number of hydrogen-bond donors (Lipinski definition) is 1. The second kappa shape index (κ2) is 8.53. The number of carbonyl (C=O) groups is 3. The maximum Gasteiger partial charge on any atom is 0.328 e. The highest BCUT2D eigenvalue weighted by molar-refractivity contribution is 6.04. The van der Waals surface area contributed by atoms with Crippen LogP contribution in [-0.4, -0.2) is 30.9 Å². The van der Waals surface area contributed by atoms with E-state index < -0.39 is 18.0 Å². The summed E-state index contributed by atoms with van der Waals surface area (Å²) in [5.74, 6) is -0.567. The number of Topliss-reactive ketones (excluding diaryl/α,β-unsaturated/α-hetero) is 1. The first-order valence-electron chi connectivity index (χ1n) is 10.9. The number of ketones is 1. The summed E-state index contributed by atoms with van der Waals surface area (Å²) in [5, 5.41) is 2.79. The topological polar surface area (TPSA) is 75.7 Å². The Balaban J connectivity index is 1.87. The Morgan fingerprint density at radius 2 is 1.65 bits per heavy atom. The number of ether oxygens (including phenoxy) is 1. The SMILES string of the molecule is COC(=O)C(C)NC(=O)N(c1cccc(C(C)=O)c1)c1c2c(cc3c1CCC3)CCC2. The van der Waals surface area contributed by atoms with Gasteiger partial charge in [0.25, 0.3) is 0 Å². The minimum absolute atomic E-state index is 0.0614. The van der Waals surface area contributed by atoms with Crippen LogP contribution in [0.5, 0.6) is 0 Å². The van der Waals surface area contributed by atoms with Crippen molar-refractivity contribution in [3.8, 4) is 0 Å². The molecule has 0 fully saturated rings. The first-order chi connectivity index (χ1) is 14.9. The van der Waals surface area contributed by atoms with Gasteiger partial charge in [0.1, 0.15) is 6.04 Å². The molecule has 1 unspecified atom stereocenters. The molecule has 2 aliphatic carbocycles. The Hall–Kier alpha value is -3.15. The Labute approximate surface area is 182 Å². The number of fused-ring (bicyclic) bond motifs is 2. The first kappa shape index (κ1) is 21.1. The van der Waals surface area contributed by atoms with Gasteiger partial charge in [-0.15, -0.1) is 0 Å². The van der Waals surface area contributed by atoms with Crippen molar-refractivity contribution in [1.82, 2.24) is 5.32 Å². The standard InChI is InChI=1S/C25H28N2O4/c1-15(24(29)31-3)26-25(30)27(20-10-4-7-17(14-20)16(2)28)23-21-11-5-8-18(21)13-19-9-6-12-22(19)23/h4,7,10,13-15H,5-6,8-9,11-12H2,1-3H3,(H,26,30). The van der Waals surface area contributed by atoms with Gasteiger partial charge in [0.05, 0.1) is 18.5 Å². The van der Waals surface area contributed by atoms with Gasteiger partial charge in [-0.25, -0.2) is 9.59 Å². The van der Waals surface area contributed by atoms with Crippen molar-refractivity contribution < 1.29 is 19.1 Å². The van der Waals surface area contributed by atoms with E-state index in [9.17, 15) is 14.4 Å². The van der Waals surface area contributed by atoms with Crippen LogP contribution in [0.25, 0.3) is 0 Å². The van der Waals surface area contributed by atoms with Gasteiger partial charge >= 0.3 is 12.0 Å². The number of urea groups is 1. The third-order valence-electron chi connectivity index (χ3n) is 6.27. The van der Waals surface area contributed by atoms with Crippen molar-refractivity contribution >= 4 is 29.2 Å². The Morgan fingerprint density at radius 1 is 1.00 bits per heavy atom. The minimum atomic E-state index is -0.791. The summed E-state index contributed by atoms with van der Waals surface area (Å²) in [7, 11) is 1.30. The summed E-state index contributed by atoms with van der Waals surface area (Å²) in [5.41, 5.74) is 7.11. The van der Waals surface area contributed by atoms with Crippen LogP contribution < -0.4 is 10.2 Å². The predicted molar refractivity (Wildman–Crippen MR) is 119 cm³/mol. The number of anilines is 2. The third-order valence-corrected chi connectivity index (χ3v) is 6.27. The van der Waals surface area contributed by atoms with Gasteiger partial charge in [0.2, 0.25) is 0 Å². The fourth-order valence-corrected chi connectivity index (χ4v) is 4.75. The van der Waals surface area contributed by atoms with Gasteiger partial charge in [0, 0.05) is 5.56 Å². The molecule has 0 bridgehead atoms. The van der Waals surface area contributed by atoms with Gasteiger partial charge in [-0.2, -0.15) is 0 Å². The summed E-state index contributed by atoms with van der Waals surface area (Å²) in [4.78, 5) is 39.2. The molecule has 1 atom stereocenters. The normalized spacial score (nSPS) is 15.1. The number of aryl methyl sites for hydroxylation is 2. The summed E-state index contributed by atoms with van der Waals surface area (Å²) >= 11 is 0. The highest BCUT2D eigenvalue weighted by Gasteiger charge is 2.32. The number of nitrogens with zero attached hydrogens (tertiary/aromatic N) is 1. The molecular formula is C25H28N2O4. The van der Waals surface area contributed by atoms with Gasteiger partial charge in [-0.05, 0) is 86.8 Å². The smallest absolute Gasteiger partial charge is 0.328 e. The number of carbonyl (C=O) groups excluding carboxylic acids is 3. The zero-order valence-electron chi connectivity index (χ0n) is 18.3. The number of rotatable bonds is 5. The van der Waals surface area contributed by atoms with E-state index in [-0.39, 0.29) is 5.78 Å². The molecule has 2 aromatic rings. The quantitative estimate of drug-likeness (QED) is 0.579. The molecule has 6 heteroatoms. The number of nitrogens with one attached hydrogen (secondary N) is 1. The van der Waals surface area contributed by atoms with E-state index in [2.05, 4.69) is 11.4 Å². The molecule has 0 spiro atoms. The van der Waals surface area contributed by atoms with Crippen LogP contribution in [-0.2, 0) is 35.2 Å². The number of esters is 1. The fraction of sp³-hybridized carbons (Fsp3) is 0.400. The van der Waals surface area contributed by atoms with Crippen LogP contribution in [0, 0.1) is 0 Å². The summed E-state index contributed by atoms with van der Waals surface area (Å²) in [6, 6.07) is 8.25. The maximum absolute atomic E-state index is 13.6. The summed E-state index contributed by atoms with van der Waals surface area (Å²) in [6.07, 6.45) is 5.98. The zero-order chi connectivity index (χ0) is 22.1. The molecule has 0 aromatic heterocycles. The van der Waals surface area contributed by atoms with Crippen LogP contribution in [0.2, 0.25) is 0 Å². The van der Waals surface area contributed by atoms with Crippen LogP contribution in [0.15, 0.2) is 30.3 Å². The minimum Gasteiger partial charge on any atom is -0.467 e. The molecule has 162 valence electrons. The van der Waals surface area contributed by atoms with Gasteiger partial charge in [-0.3, -0.25) is 9.69 Å². The molecule has 0 saturated carbocycles. The lowest BCUT2D eigenvalue weighted by Gasteiger charge is -2.29. The lowest BCUT2D eigenvalue weighted by atomic mass is 9.97. The molecule has 2 aromatic carbocycles. The highest BCUT2D eigenvalue weighted by atomic mass is 16.5. The lowest BCUT2D eigenvalue weighted by Crippen LogP contribution is -2.46. The fourth-order valence-electron chi connectivity index (χ4n) is 4.75. The largest absolute Gasteiger partial charge is 0.467 e. The van der Waals surface area contributed by atoms with Crippen molar-refractivity contribution in [1.29, 1.82) is 0 Å². The lowest BCUT2D eigenvalue weighted by molar-refractivity contribution is -0.142. The van der Waals surface area contributed by atoms with E-state index in [4.69, 9.17) is 4.74 Å². The zero-order valence-corrected chi connectivity index (χ0v) is 18.3. The number of benzene rings is 2. The molecule has 0 aliphatic heterocycles. The van der Waals surface area contributed by atoms with Crippen molar-refractivity contribution in [3.63, 3.8) is 0 Å². The molecule has 2 amide bonds. The van der Waals surface area contributed by atoms with Crippen LogP contribution in [0.1, 0.15) is 59.3 Å². The average Bonchev–Trinajstić information content (AvgIpc) is 3.42. The van der Waals surface area contributed by atoms with Gasteiger partial charge in [-0.1, -0.05) is 18.2 Å². The van der Waals surface area contributed by atoms with E-state index in [1.54, 1.807) is 30.0 Å². The molecule has 0 heterocycles. The molecule has 0 radical (unpaired) electrons. The van der Waals surface area contributed by atoms with E-state index in [1.165, 1.54) is 36.3 Å². The van der Waals surface area contributed by atoms with Crippen LogP contribution in [0.4, 0.5) is 16.2 Å². The van der Waals surface area contributed by atoms with Gasteiger partial charge < -0.3 is 10.1 Å². The number of hydrogen-bond acceptors (Lipinski definition) is 4. The summed E-state index contributed by atoms with van der Waals surface area (Å²) < 4.78 is 4.79. The number of amides is 2. The molecular weight excluding hydrogens is 392 g/mol. The maximum atomic E-state index is 13.6. The van der Waals surface area contributed by atoms with Crippen LogP contribution in [0.3, 0.4) is 0 Å². The Morgan fingerprint density at radius 3 is 2.23 bits per heavy atom. The molecule has 0 saturated heterocycles. The van der Waals surface area contributed by atoms with Crippen molar-refractivity contribution in [2.45, 2.75) is 58.4 Å².